The predicted octanol–water partition coefficient (Wildman–Crippen LogP) is 7.24. The third-order valence-electron chi connectivity index (χ3n) is 6.86. The van der Waals surface area contributed by atoms with Gasteiger partial charge in [0.05, 0.1) is 12.7 Å². The number of hydrogen-bond acceptors (Lipinski definition) is 3. The second-order valence-corrected chi connectivity index (χ2v) is 12.5. The quantitative estimate of drug-likeness (QED) is 0.152. The van der Waals surface area contributed by atoms with Gasteiger partial charge in [-0.2, -0.15) is 5.10 Å². The number of aromatic nitrogens is 2. The molecule has 0 aliphatic heterocycles. The van der Waals surface area contributed by atoms with Crippen LogP contribution in [0.3, 0.4) is 0 Å². The van der Waals surface area contributed by atoms with Crippen molar-refractivity contribution in [2.75, 3.05) is 0 Å². The van der Waals surface area contributed by atoms with Gasteiger partial charge in [-0.15, -0.1) is 0 Å². The predicted molar refractivity (Wildman–Crippen MR) is 166 cm³/mol. The zero-order valence-corrected chi connectivity index (χ0v) is 22.8. The molecule has 0 aliphatic rings. The van der Waals surface area contributed by atoms with E-state index in [4.69, 9.17) is 9.84 Å². The maximum atomic E-state index is 13.4. The van der Waals surface area contributed by atoms with Crippen LogP contribution in [0.25, 0.3) is 11.3 Å². The van der Waals surface area contributed by atoms with Gasteiger partial charge in [-0.25, -0.2) is 9.43 Å². The lowest BCUT2D eigenvalue weighted by Gasteiger charge is -2.26. The van der Waals surface area contributed by atoms with E-state index in [-0.39, 0.29) is 12.3 Å². The van der Waals surface area contributed by atoms with E-state index in [9.17, 15) is 4.79 Å². The van der Waals surface area contributed by atoms with E-state index in [2.05, 4.69) is 72.8 Å². The average molecular weight is 538 g/mol. The summed E-state index contributed by atoms with van der Waals surface area (Å²) >= 11 is 0. The van der Waals surface area contributed by atoms with Crippen molar-refractivity contribution in [3.8, 4) is 11.3 Å². The Balaban J connectivity index is 1.63. The Morgan fingerprint density at radius 2 is 1.02 bits per heavy atom. The number of rotatable bonds is 8. The van der Waals surface area contributed by atoms with Crippen LogP contribution in [0.15, 0.2) is 162 Å². The number of hydrogen-bond donors (Lipinski definition) is 0. The molecule has 40 heavy (non-hydrogen) atoms. The Labute approximate surface area is 234 Å². The number of carbonyl (C=O) groups is 1. The minimum absolute atomic E-state index is 0.0113. The van der Waals surface area contributed by atoms with Gasteiger partial charge in [0.15, 0.2) is 11.6 Å². The normalized spacial score (nSPS) is 11.2. The topological polar surface area (TPSA) is 47.2 Å². The lowest BCUT2D eigenvalue weighted by atomic mass is 10.1. The number of Topliss-reactive ketones (excluding diaryl/α,β-unsaturated/α-hetero) is 1. The molecule has 5 aromatic carbocycles. The van der Waals surface area contributed by atoms with Crippen LogP contribution in [0, 0.1) is 0 Å². The van der Waals surface area contributed by atoms with Gasteiger partial charge in [0.25, 0.3) is 0 Å². The van der Waals surface area contributed by atoms with Gasteiger partial charge in [0, 0.05) is 33.1 Å². The van der Waals surface area contributed by atoms with Crippen molar-refractivity contribution in [2.45, 2.75) is 6.54 Å². The largest absolute Gasteiger partial charge is 0.292 e. The van der Waals surface area contributed by atoms with Gasteiger partial charge >= 0.3 is 0 Å². The molecule has 0 N–H and O–H groups in total. The van der Waals surface area contributed by atoms with Crippen LogP contribution in [0.5, 0.6) is 0 Å². The second kappa shape index (κ2) is 11.5. The zero-order valence-electron chi connectivity index (χ0n) is 21.9. The van der Waals surface area contributed by atoms with Crippen LogP contribution in [0.2, 0.25) is 0 Å². The average Bonchev–Trinajstić information content (AvgIpc) is 3.43. The van der Waals surface area contributed by atoms with Crippen LogP contribution >= 0.6 is 7.05 Å². The fourth-order valence-electron chi connectivity index (χ4n) is 4.91. The summed E-state index contributed by atoms with van der Waals surface area (Å²) in [5.41, 5.74) is 2.42. The first-order valence-corrected chi connectivity index (χ1v) is 15.0. The first kappa shape index (κ1) is 25.5. The molecule has 4 nitrogen and oxygen atoms in total. The molecule has 0 atom stereocenters. The summed E-state index contributed by atoms with van der Waals surface area (Å²) in [7, 11) is -2.54. The van der Waals surface area contributed by atoms with Gasteiger partial charge in [-0.3, -0.25) is 4.79 Å². The van der Waals surface area contributed by atoms with Crippen LogP contribution in [-0.4, -0.2) is 15.6 Å². The van der Waals surface area contributed by atoms with Crippen LogP contribution < -0.4 is 15.9 Å². The highest BCUT2D eigenvalue weighted by Crippen LogP contribution is 2.49. The van der Waals surface area contributed by atoms with Gasteiger partial charge in [0.1, 0.15) is 6.54 Å². The summed E-state index contributed by atoms with van der Waals surface area (Å²) in [6.45, 7) is 0.0913. The van der Waals surface area contributed by atoms with Crippen molar-refractivity contribution in [2.24, 2.45) is 4.74 Å². The van der Waals surface area contributed by atoms with Crippen molar-refractivity contribution in [3.05, 3.63) is 163 Å². The lowest BCUT2D eigenvalue weighted by Crippen LogP contribution is -2.25. The van der Waals surface area contributed by atoms with Crippen molar-refractivity contribution >= 4 is 34.6 Å². The highest BCUT2D eigenvalue weighted by Gasteiger charge is 2.28. The summed E-state index contributed by atoms with van der Waals surface area (Å²) in [5, 5.41) is 8.34. The maximum Gasteiger partial charge on any atom is 0.184 e. The third kappa shape index (κ3) is 5.10. The standard InChI is InChI=1S/C35H28N3OP/c39-34(29-18-8-2-9-19-29)27-38-35(26-33(36-38)28-16-6-1-7-17-28)37-40(30-20-10-3-11-21-30,31-22-12-4-13-23-31)32-24-14-5-15-25-32/h1-26H,27H2. The minimum Gasteiger partial charge on any atom is -0.292 e. The van der Waals surface area contributed by atoms with E-state index in [1.165, 1.54) is 0 Å². The third-order valence-corrected chi connectivity index (χ3v) is 10.5. The molecule has 0 spiro atoms. The molecule has 0 aliphatic carbocycles. The number of ketones is 1. The van der Waals surface area contributed by atoms with E-state index in [1.807, 2.05) is 84.9 Å². The highest BCUT2D eigenvalue weighted by molar-refractivity contribution is 7.87. The number of carbonyl (C=O) groups excluding carboxylic acids is 1. The van der Waals surface area contributed by atoms with E-state index in [0.717, 1.165) is 27.2 Å². The summed E-state index contributed by atoms with van der Waals surface area (Å²) in [6.07, 6.45) is 0. The summed E-state index contributed by atoms with van der Waals surface area (Å²) in [5.74, 6) is 0.663. The monoisotopic (exact) mass is 537 g/mol. The first-order valence-electron chi connectivity index (χ1n) is 13.2. The highest BCUT2D eigenvalue weighted by atomic mass is 31.2. The fourth-order valence-corrected chi connectivity index (χ4v) is 8.43. The Morgan fingerprint density at radius 3 is 1.50 bits per heavy atom. The summed E-state index contributed by atoms with van der Waals surface area (Å²) < 4.78 is 7.42. The molecule has 1 aromatic heterocycles. The molecule has 0 amide bonds. The van der Waals surface area contributed by atoms with E-state index < -0.39 is 7.05 Å². The molecular formula is C35H28N3OP. The molecule has 0 bridgehead atoms. The smallest absolute Gasteiger partial charge is 0.184 e. The molecule has 0 radical (unpaired) electrons. The van der Waals surface area contributed by atoms with Crippen LogP contribution in [0.1, 0.15) is 10.4 Å². The molecule has 0 fully saturated rings. The van der Waals surface area contributed by atoms with Crippen LogP contribution in [0.4, 0.5) is 5.82 Å². The first-order chi connectivity index (χ1) is 19.7. The fraction of sp³-hybridized carbons (Fsp3) is 0.0286. The summed E-state index contributed by atoms with van der Waals surface area (Å²) in [4.78, 5) is 13.4. The Morgan fingerprint density at radius 1 is 0.600 bits per heavy atom. The molecule has 5 heteroatoms. The molecule has 194 valence electrons. The molecular weight excluding hydrogens is 509 g/mol. The lowest BCUT2D eigenvalue weighted by molar-refractivity contribution is 0.0968. The minimum atomic E-state index is -2.54. The van der Waals surface area contributed by atoms with Crippen molar-refractivity contribution < 1.29 is 4.79 Å². The molecule has 6 rings (SSSR count). The van der Waals surface area contributed by atoms with Crippen LogP contribution in [-0.2, 0) is 6.54 Å². The van der Waals surface area contributed by atoms with E-state index >= 15 is 0 Å². The Hall–Kier alpha value is -4.79. The van der Waals surface area contributed by atoms with E-state index in [0.29, 0.717) is 11.4 Å². The number of benzene rings is 5. The van der Waals surface area contributed by atoms with Crippen molar-refractivity contribution in [1.29, 1.82) is 0 Å². The zero-order chi connectivity index (χ0) is 27.2. The molecule has 6 aromatic rings. The van der Waals surface area contributed by atoms with E-state index in [1.54, 1.807) is 4.68 Å². The maximum absolute atomic E-state index is 13.4. The molecule has 0 saturated carbocycles. The Kier molecular flexibility index (Phi) is 7.34. The number of nitrogens with zero attached hydrogens (tertiary/aromatic N) is 3. The van der Waals surface area contributed by atoms with Gasteiger partial charge in [-0.1, -0.05) is 152 Å². The Bertz CT molecular complexity index is 1660. The summed E-state index contributed by atoms with van der Waals surface area (Å²) in [6, 6.07) is 52.9. The van der Waals surface area contributed by atoms with Gasteiger partial charge < -0.3 is 0 Å². The van der Waals surface area contributed by atoms with Crippen molar-refractivity contribution in [3.63, 3.8) is 0 Å². The van der Waals surface area contributed by atoms with Gasteiger partial charge in [-0.05, 0) is 0 Å². The van der Waals surface area contributed by atoms with Gasteiger partial charge in [0.2, 0.25) is 0 Å². The second-order valence-electron chi connectivity index (χ2n) is 9.44. The van der Waals surface area contributed by atoms with Crippen molar-refractivity contribution in [1.82, 2.24) is 9.78 Å². The SMILES string of the molecule is O=C(Cn1nc(-c2ccccc2)cc1N=P(c1ccccc1)(c1ccccc1)c1ccccc1)c1ccccc1. The molecule has 0 saturated heterocycles. The molecule has 1 heterocycles. The molecule has 0 unspecified atom stereocenters.